The number of rotatable bonds is 8. The van der Waals surface area contributed by atoms with Crippen molar-refractivity contribution >= 4 is 23.4 Å². The first-order chi connectivity index (χ1) is 14.8. The number of nitrogens with one attached hydrogen (secondary N) is 1. The summed E-state index contributed by atoms with van der Waals surface area (Å²) in [6.45, 7) is 7.72. The molecular weight excluding hydrogens is 412 g/mol. The number of carbonyl (C=O) groups excluding carboxylic acids is 1. The van der Waals surface area contributed by atoms with Crippen molar-refractivity contribution in [2.75, 3.05) is 19.0 Å². The van der Waals surface area contributed by atoms with Crippen LogP contribution in [0.2, 0.25) is 0 Å². The summed E-state index contributed by atoms with van der Waals surface area (Å²) in [6.07, 6.45) is 1.59. The van der Waals surface area contributed by atoms with Gasteiger partial charge in [0.1, 0.15) is 0 Å². The van der Waals surface area contributed by atoms with E-state index in [1.165, 1.54) is 18.9 Å². The number of carbonyl (C=O) groups is 1. The Kier molecular flexibility index (Phi) is 7.46. The number of aryl methyl sites for hydroxylation is 4. The third kappa shape index (κ3) is 6.42. The van der Waals surface area contributed by atoms with Crippen LogP contribution in [-0.4, -0.2) is 34.6 Å². The molecule has 0 fully saturated rings. The van der Waals surface area contributed by atoms with Gasteiger partial charge in [0.15, 0.2) is 23.3 Å². The standard InChI is InChI=1S/C23H26N4O3S/c1-14-6-7-19(15(2)8-14)27-22(28)12-30-20-10-18(24-11-21(20)29-5)13-31-23-25-16(3)9-17(4)26-23/h6-11H,12-13H2,1-5H3,(H,27,28). The monoisotopic (exact) mass is 438 g/mol. The van der Waals surface area contributed by atoms with Gasteiger partial charge in [-0.25, -0.2) is 9.97 Å². The topological polar surface area (TPSA) is 86.2 Å². The number of ether oxygens (including phenoxy) is 2. The lowest BCUT2D eigenvalue weighted by molar-refractivity contribution is -0.118. The van der Waals surface area contributed by atoms with E-state index in [4.69, 9.17) is 9.47 Å². The van der Waals surface area contributed by atoms with Gasteiger partial charge in [0, 0.05) is 28.9 Å². The Bertz CT molecular complexity index is 1070. The number of amides is 1. The largest absolute Gasteiger partial charge is 0.491 e. The van der Waals surface area contributed by atoms with Crippen molar-refractivity contribution in [3.8, 4) is 11.5 Å². The molecule has 0 radical (unpaired) electrons. The van der Waals surface area contributed by atoms with Gasteiger partial charge in [-0.2, -0.15) is 0 Å². The molecule has 31 heavy (non-hydrogen) atoms. The highest BCUT2D eigenvalue weighted by Crippen LogP contribution is 2.29. The molecule has 162 valence electrons. The molecule has 1 N–H and O–H groups in total. The Morgan fingerprint density at radius 3 is 2.45 bits per heavy atom. The SMILES string of the molecule is COc1cnc(CSc2nc(C)cc(C)n2)cc1OCC(=O)Nc1ccc(C)cc1C. The average molecular weight is 439 g/mol. The molecule has 0 spiro atoms. The smallest absolute Gasteiger partial charge is 0.262 e. The van der Waals surface area contributed by atoms with Gasteiger partial charge in [-0.05, 0) is 45.4 Å². The molecule has 0 aliphatic heterocycles. The zero-order valence-corrected chi connectivity index (χ0v) is 19.2. The van der Waals surface area contributed by atoms with Gasteiger partial charge >= 0.3 is 0 Å². The van der Waals surface area contributed by atoms with E-state index in [1.807, 2.05) is 52.0 Å². The molecule has 7 nitrogen and oxygen atoms in total. The van der Waals surface area contributed by atoms with Crippen LogP contribution in [-0.2, 0) is 10.5 Å². The Labute approximate surface area is 186 Å². The molecule has 0 saturated heterocycles. The van der Waals surface area contributed by atoms with Gasteiger partial charge in [-0.1, -0.05) is 29.5 Å². The van der Waals surface area contributed by atoms with Crippen molar-refractivity contribution < 1.29 is 14.3 Å². The molecule has 8 heteroatoms. The summed E-state index contributed by atoms with van der Waals surface area (Å²) in [7, 11) is 1.54. The number of hydrogen-bond acceptors (Lipinski definition) is 7. The summed E-state index contributed by atoms with van der Waals surface area (Å²) < 4.78 is 11.1. The average Bonchev–Trinajstić information content (AvgIpc) is 2.72. The summed E-state index contributed by atoms with van der Waals surface area (Å²) in [5.41, 5.74) is 5.55. The molecule has 2 aromatic heterocycles. The van der Waals surface area contributed by atoms with Crippen molar-refractivity contribution in [2.45, 2.75) is 38.6 Å². The van der Waals surface area contributed by atoms with Crippen LogP contribution in [0.4, 0.5) is 5.69 Å². The van der Waals surface area contributed by atoms with Crippen LogP contribution in [0, 0.1) is 27.7 Å². The van der Waals surface area contributed by atoms with Gasteiger partial charge in [0.05, 0.1) is 19.0 Å². The van der Waals surface area contributed by atoms with Crippen molar-refractivity contribution in [3.63, 3.8) is 0 Å². The van der Waals surface area contributed by atoms with E-state index in [0.717, 1.165) is 33.9 Å². The van der Waals surface area contributed by atoms with Gasteiger partial charge in [-0.3, -0.25) is 9.78 Å². The molecule has 1 amide bonds. The summed E-state index contributed by atoms with van der Waals surface area (Å²) in [4.78, 5) is 25.6. The summed E-state index contributed by atoms with van der Waals surface area (Å²) in [5.74, 6) is 1.25. The number of methoxy groups -OCH3 is 1. The first kappa shape index (κ1) is 22.6. The number of thioether (sulfide) groups is 1. The summed E-state index contributed by atoms with van der Waals surface area (Å²) in [5, 5.41) is 3.58. The van der Waals surface area contributed by atoms with Gasteiger partial charge in [-0.15, -0.1) is 0 Å². The van der Waals surface area contributed by atoms with Crippen molar-refractivity contribution in [1.29, 1.82) is 0 Å². The maximum absolute atomic E-state index is 12.4. The first-order valence-electron chi connectivity index (χ1n) is 9.82. The molecular formula is C23H26N4O3S. The molecule has 2 heterocycles. The van der Waals surface area contributed by atoms with Crippen LogP contribution in [0.25, 0.3) is 0 Å². The van der Waals surface area contributed by atoms with Crippen molar-refractivity contribution in [1.82, 2.24) is 15.0 Å². The molecule has 3 rings (SSSR count). The lowest BCUT2D eigenvalue weighted by atomic mass is 10.1. The maximum Gasteiger partial charge on any atom is 0.262 e. The lowest BCUT2D eigenvalue weighted by Crippen LogP contribution is -2.21. The third-order valence-electron chi connectivity index (χ3n) is 4.43. The molecule has 0 unspecified atom stereocenters. The fourth-order valence-corrected chi connectivity index (χ4v) is 3.84. The second-order valence-electron chi connectivity index (χ2n) is 7.20. The normalized spacial score (nSPS) is 10.6. The molecule has 1 aromatic carbocycles. The zero-order valence-electron chi connectivity index (χ0n) is 18.4. The number of hydrogen-bond donors (Lipinski definition) is 1. The Morgan fingerprint density at radius 2 is 1.77 bits per heavy atom. The van der Waals surface area contributed by atoms with E-state index >= 15 is 0 Å². The maximum atomic E-state index is 12.4. The van der Waals surface area contributed by atoms with Crippen molar-refractivity contribution in [3.05, 3.63) is 64.7 Å². The third-order valence-corrected chi connectivity index (χ3v) is 5.31. The molecule has 0 aliphatic carbocycles. The number of anilines is 1. The van der Waals surface area contributed by atoms with Gasteiger partial charge in [0.2, 0.25) is 0 Å². The Morgan fingerprint density at radius 1 is 1.03 bits per heavy atom. The highest BCUT2D eigenvalue weighted by Gasteiger charge is 2.12. The quantitative estimate of drug-likeness (QED) is 0.411. The highest BCUT2D eigenvalue weighted by atomic mass is 32.2. The minimum absolute atomic E-state index is 0.138. The van der Waals surface area contributed by atoms with Crippen LogP contribution in [0.15, 0.2) is 41.7 Å². The highest BCUT2D eigenvalue weighted by molar-refractivity contribution is 7.98. The van der Waals surface area contributed by atoms with E-state index in [-0.39, 0.29) is 12.5 Å². The van der Waals surface area contributed by atoms with Crippen molar-refractivity contribution in [2.24, 2.45) is 0 Å². The number of pyridine rings is 1. The number of nitrogens with zero attached hydrogens (tertiary/aromatic N) is 3. The lowest BCUT2D eigenvalue weighted by Gasteiger charge is -2.13. The Balaban J connectivity index is 1.63. The van der Waals surface area contributed by atoms with E-state index < -0.39 is 0 Å². The first-order valence-corrected chi connectivity index (χ1v) is 10.8. The molecule has 3 aromatic rings. The molecule has 0 saturated carbocycles. The van der Waals surface area contributed by atoms with E-state index in [9.17, 15) is 4.79 Å². The zero-order chi connectivity index (χ0) is 22.4. The Hall–Kier alpha value is -3.13. The van der Waals surface area contributed by atoms with Crippen LogP contribution in [0.3, 0.4) is 0 Å². The second-order valence-corrected chi connectivity index (χ2v) is 8.15. The minimum atomic E-state index is -0.245. The fraction of sp³-hybridized carbons (Fsp3) is 0.304. The van der Waals surface area contributed by atoms with E-state index in [1.54, 1.807) is 12.3 Å². The molecule has 0 atom stereocenters. The summed E-state index contributed by atoms with van der Waals surface area (Å²) >= 11 is 1.49. The van der Waals surface area contributed by atoms with Gasteiger partial charge < -0.3 is 14.8 Å². The van der Waals surface area contributed by atoms with Crippen LogP contribution < -0.4 is 14.8 Å². The predicted molar refractivity (Wildman–Crippen MR) is 122 cm³/mol. The minimum Gasteiger partial charge on any atom is -0.491 e. The van der Waals surface area contributed by atoms with Crippen LogP contribution >= 0.6 is 11.8 Å². The molecule has 0 aliphatic rings. The van der Waals surface area contributed by atoms with Crippen LogP contribution in [0.5, 0.6) is 11.5 Å². The van der Waals surface area contributed by atoms with E-state index in [2.05, 4.69) is 20.3 Å². The molecule has 0 bridgehead atoms. The van der Waals surface area contributed by atoms with Gasteiger partial charge in [0.25, 0.3) is 5.91 Å². The van der Waals surface area contributed by atoms with Crippen LogP contribution in [0.1, 0.15) is 28.2 Å². The second kappa shape index (κ2) is 10.3. The number of benzene rings is 1. The predicted octanol–water partition coefficient (Wildman–Crippen LogP) is 4.42. The fourth-order valence-electron chi connectivity index (χ4n) is 2.99. The summed E-state index contributed by atoms with van der Waals surface area (Å²) in [6, 6.07) is 9.58. The number of aromatic nitrogens is 3. The van der Waals surface area contributed by atoms with E-state index in [0.29, 0.717) is 22.4 Å².